The Hall–Kier alpha value is -2.33. The Bertz CT molecular complexity index is 786. The second kappa shape index (κ2) is 5.35. The van der Waals surface area contributed by atoms with Crippen molar-refractivity contribution in [3.8, 4) is 0 Å². The average molecular weight is 281 g/mol. The molecule has 0 saturated heterocycles. The van der Waals surface area contributed by atoms with E-state index in [9.17, 15) is 9.90 Å². The van der Waals surface area contributed by atoms with E-state index < -0.39 is 5.97 Å². The zero-order chi connectivity index (χ0) is 13.9. The lowest BCUT2D eigenvalue weighted by molar-refractivity contribution is 0.0693. The van der Waals surface area contributed by atoms with Gasteiger partial charge in [-0.25, -0.2) is 9.78 Å². The van der Waals surface area contributed by atoms with E-state index >= 15 is 0 Å². The predicted molar refractivity (Wildman–Crippen MR) is 79.3 cm³/mol. The molecule has 3 aromatic rings. The highest BCUT2D eigenvalue weighted by molar-refractivity contribution is 7.99. The van der Waals surface area contributed by atoms with E-state index in [0.29, 0.717) is 10.5 Å². The van der Waals surface area contributed by atoms with Gasteiger partial charge in [-0.3, -0.25) is 0 Å². The lowest BCUT2D eigenvalue weighted by atomic mass is 10.2. The SMILES string of the molecule is O=C(O)c1ccccc1Sc1ccc2ccccc2n1. The molecule has 0 radical (unpaired) electrons. The summed E-state index contributed by atoms with van der Waals surface area (Å²) in [7, 11) is 0. The molecule has 0 bridgehead atoms. The van der Waals surface area contributed by atoms with Crippen molar-refractivity contribution in [3.63, 3.8) is 0 Å². The van der Waals surface area contributed by atoms with Crippen molar-refractivity contribution in [2.75, 3.05) is 0 Å². The first-order valence-electron chi connectivity index (χ1n) is 6.10. The Labute approximate surface area is 120 Å². The minimum Gasteiger partial charge on any atom is -0.478 e. The number of rotatable bonds is 3. The van der Waals surface area contributed by atoms with Crippen molar-refractivity contribution < 1.29 is 9.90 Å². The Kier molecular flexibility index (Phi) is 3.39. The van der Waals surface area contributed by atoms with Gasteiger partial charge in [-0.05, 0) is 24.3 Å². The fourth-order valence-corrected chi connectivity index (χ4v) is 2.87. The Morgan fingerprint density at radius 3 is 2.55 bits per heavy atom. The van der Waals surface area contributed by atoms with Gasteiger partial charge in [0.25, 0.3) is 0 Å². The third-order valence-corrected chi connectivity index (χ3v) is 3.92. The minimum atomic E-state index is -0.922. The smallest absolute Gasteiger partial charge is 0.336 e. The molecule has 1 aromatic heterocycles. The van der Waals surface area contributed by atoms with Crippen LogP contribution >= 0.6 is 11.8 Å². The van der Waals surface area contributed by atoms with Crippen LogP contribution in [-0.2, 0) is 0 Å². The van der Waals surface area contributed by atoms with E-state index in [4.69, 9.17) is 0 Å². The van der Waals surface area contributed by atoms with E-state index in [1.54, 1.807) is 18.2 Å². The van der Waals surface area contributed by atoms with Gasteiger partial charge in [-0.15, -0.1) is 0 Å². The molecule has 0 saturated carbocycles. The Balaban J connectivity index is 1.99. The average Bonchev–Trinajstić information content (AvgIpc) is 2.47. The van der Waals surface area contributed by atoms with Crippen LogP contribution in [0.5, 0.6) is 0 Å². The van der Waals surface area contributed by atoms with Gasteiger partial charge in [0, 0.05) is 10.3 Å². The second-order valence-electron chi connectivity index (χ2n) is 4.25. The molecule has 0 aliphatic rings. The number of fused-ring (bicyclic) bond motifs is 1. The van der Waals surface area contributed by atoms with E-state index in [2.05, 4.69) is 4.98 Å². The first kappa shape index (κ1) is 12.7. The summed E-state index contributed by atoms with van der Waals surface area (Å²) in [5.74, 6) is -0.922. The number of benzene rings is 2. The number of aromatic carboxylic acids is 1. The Morgan fingerprint density at radius 1 is 0.950 bits per heavy atom. The predicted octanol–water partition coefficient (Wildman–Crippen LogP) is 4.08. The van der Waals surface area contributed by atoms with Gasteiger partial charge in [0.1, 0.15) is 5.03 Å². The van der Waals surface area contributed by atoms with Gasteiger partial charge in [-0.1, -0.05) is 48.2 Å². The highest BCUT2D eigenvalue weighted by Crippen LogP contribution is 2.30. The summed E-state index contributed by atoms with van der Waals surface area (Å²) < 4.78 is 0. The third kappa shape index (κ3) is 2.51. The molecule has 20 heavy (non-hydrogen) atoms. The maximum Gasteiger partial charge on any atom is 0.336 e. The van der Waals surface area contributed by atoms with E-state index in [1.165, 1.54) is 11.8 Å². The molecule has 0 atom stereocenters. The molecule has 0 aliphatic heterocycles. The lowest BCUT2D eigenvalue weighted by Gasteiger charge is -2.05. The third-order valence-electron chi connectivity index (χ3n) is 2.90. The number of aromatic nitrogens is 1. The van der Waals surface area contributed by atoms with Gasteiger partial charge in [0.2, 0.25) is 0 Å². The minimum absolute atomic E-state index is 0.299. The molecule has 0 aliphatic carbocycles. The van der Waals surface area contributed by atoms with Crippen molar-refractivity contribution in [3.05, 3.63) is 66.2 Å². The van der Waals surface area contributed by atoms with Crippen LogP contribution in [0.3, 0.4) is 0 Å². The molecule has 0 amide bonds. The monoisotopic (exact) mass is 281 g/mol. The summed E-state index contributed by atoms with van der Waals surface area (Å²) in [6, 6.07) is 18.7. The van der Waals surface area contributed by atoms with Crippen molar-refractivity contribution in [2.24, 2.45) is 0 Å². The normalized spacial score (nSPS) is 10.6. The van der Waals surface area contributed by atoms with Crippen LogP contribution in [0, 0.1) is 0 Å². The largest absolute Gasteiger partial charge is 0.478 e. The highest BCUT2D eigenvalue weighted by Gasteiger charge is 2.10. The number of para-hydroxylation sites is 1. The second-order valence-corrected chi connectivity index (χ2v) is 5.31. The highest BCUT2D eigenvalue weighted by atomic mass is 32.2. The van der Waals surface area contributed by atoms with Crippen LogP contribution in [0.15, 0.2) is 70.6 Å². The van der Waals surface area contributed by atoms with Crippen molar-refractivity contribution in [2.45, 2.75) is 9.92 Å². The van der Waals surface area contributed by atoms with Crippen molar-refractivity contribution >= 4 is 28.6 Å². The number of hydrogen-bond donors (Lipinski definition) is 1. The van der Waals surface area contributed by atoms with Crippen molar-refractivity contribution in [1.82, 2.24) is 4.98 Å². The molecular formula is C16H11NO2S. The topological polar surface area (TPSA) is 50.2 Å². The van der Waals surface area contributed by atoms with Crippen LogP contribution in [0.1, 0.15) is 10.4 Å². The molecule has 4 heteroatoms. The lowest BCUT2D eigenvalue weighted by Crippen LogP contribution is -1.98. The molecule has 3 nitrogen and oxygen atoms in total. The molecule has 2 aromatic carbocycles. The molecule has 0 spiro atoms. The molecule has 0 fully saturated rings. The number of carboxylic acid groups (broad SMARTS) is 1. The van der Waals surface area contributed by atoms with Crippen LogP contribution in [0.4, 0.5) is 0 Å². The number of pyridine rings is 1. The molecule has 0 unspecified atom stereocenters. The van der Waals surface area contributed by atoms with Gasteiger partial charge < -0.3 is 5.11 Å². The zero-order valence-electron chi connectivity index (χ0n) is 10.5. The maximum atomic E-state index is 11.2. The van der Waals surface area contributed by atoms with Gasteiger partial charge in [0.05, 0.1) is 11.1 Å². The van der Waals surface area contributed by atoms with Gasteiger partial charge >= 0.3 is 5.97 Å². The summed E-state index contributed by atoms with van der Waals surface area (Å²) in [6.07, 6.45) is 0. The summed E-state index contributed by atoms with van der Waals surface area (Å²) in [5, 5.41) is 11.0. The van der Waals surface area contributed by atoms with Crippen molar-refractivity contribution in [1.29, 1.82) is 0 Å². The van der Waals surface area contributed by atoms with Gasteiger partial charge in [0.15, 0.2) is 0 Å². The van der Waals surface area contributed by atoms with Gasteiger partial charge in [-0.2, -0.15) is 0 Å². The maximum absolute atomic E-state index is 11.2. The number of carbonyl (C=O) groups is 1. The summed E-state index contributed by atoms with van der Waals surface area (Å²) in [5.41, 5.74) is 1.21. The first-order valence-corrected chi connectivity index (χ1v) is 6.92. The standard InChI is InChI=1S/C16H11NO2S/c18-16(19)12-6-2-4-8-14(12)20-15-10-9-11-5-1-3-7-13(11)17-15/h1-10H,(H,18,19). The molecule has 3 rings (SSSR count). The van der Waals surface area contributed by atoms with E-state index in [1.807, 2.05) is 42.5 Å². The van der Waals surface area contributed by atoms with Crippen LogP contribution < -0.4 is 0 Å². The summed E-state index contributed by atoms with van der Waals surface area (Å²) in [6.45, 7) is 0. The first-order chi connectivity index (χ1) is 9.74. The van der Waals surface area contributed by atoms with Crippen LogP contribution in [0.25, 0.3) is 10.9 Å². The van der Waals surface area contributed by atoms with E-state index in [0.717, 1.165) is 15.9 Å². The summed E-state index contributed by atoms with van der Waals surface area (Å²) >= 11 is 1.37. The number of hydrogen-bond acceptors (Lipinski definition) is 3. The molecule has 1 heterocycles. The number of nitrogens with zero attached hydrogens (tertiary/aromatic N) is 1. The fourth-order valence-electron chi connectivity index (χ4n) is 1.95. The molecule has 1 N–H and O–H groups in total. The summed E-state index contributed by atoms with van der Waals surface area (Å²) in [4.78, 5) is 16.4. The number of carboxylic acids is 1. The molecule has 98 valence electrons. The Morgan fingerprint density at radius 2 is 1.70 bits per heavy atom. The van der Waals surface area contributed by atoms with E-state index in [-0.39, 0.29) is 0 Å². The quantitative estimate of drug-likeness (QED) is 0.785. The fraction of sp³-hybridized carbons (Fsp3) is 0. The van der Waals surface area contributed by atoms with Crippen LogP contribution in [0.2, 0.25) is 0 Å². The zero-order valence-corrected chi connectivity index (χ0v) is 11.3. The molecular weight excluding hydrogens is 270 g/mol. The van der Waals surface area contributed by atoms with Crippen LogP contribution in [-0.4, -0.2) is 16.1 Å².